The van der Waals surface area contributed by atoms with Gasteiger partial charge in [-0.2, -0.15) is 0 Å². The minimum atomic E-state index is 0.150. The highest BCUT2D eigenvalue weighted by molar-refractivity contribution is 8.00. The van der Waals surface area contributed by atoms with Gasteiger partial charge in [-0.25, -0.2) is 4.98 Å². The number of piperidine rings is 1. The highest BCUT2D eigenvalue weighted by Crippen LogP contribution is 2.19. The van der Waals surface area contributed by atoms with E-state index in [1.165, 1.54) is 12.8 Å². The Morgan fingerprint density at radius 2 is 2.37 bits per heavy atom. The fourth-order valence-corrected chi connectivity index (χ4v) is 3.87. The molecule has 0 aliphatic carbocycles. The van der Waals surface area contributed by atoms with Crippen LogP contribution >= 0.6 is 23.1 Å². The summed E-state index contributed by atoms with van der Waals surface area (Å²) in [6.07, 6.45) is 3.19. The van der Waals surface area contributed by atoms with Crippen molar-refractivity contribution in [2.24, 2.45) is 0 Å². The number of nitrogens with zero attached hydrogens (tertiary/aromatic N) is 1. The quantitative estimate of drug-likeness (QED) is 0.838. The molecule has 2 rings (SSSR count). The molecule has 0 saturated carbocycles. The molecular formula is C13H21N3OS2. The molecule has 0 unspecified atom stereocenters. The summed E-state index contributed by atoms with van der Waals surface area (Å²) < 4.78 is 0. The lowest BCUT2D eigenvalue weighted by atomic mass is 10.2. The van der Waals surface area contributed by atoms with Gasteiger partial charge in [0.15, 0.2) is 0 Å². The molecule has 4 nitrogen and oxygen atoms in total. The van der Waals surface area contributed by atoms with Gasteiger partial charge in [-0.3, -0.25) is 4.79 Å². The van der Waals surface area contributed by atoms with E-state index in [2.05, 4.69) is 15.6 Å². The van der Waals surface area contributed by atoms with Crippen LogP contribution < -0.4 is 10.6 Å². The number of thiazole rings is 1. The first kappa shape index (κ1) is 14.8. The van der Waals surface area contributed by atoms with E-state index >= 15 is 0 Å². The zero-order valence-corrected chi connectivity index (χ0v) is 12.9. The maximum Gasteiger partial charge on any atom is 0.230 e. The number of thioether (sulfide) groups is 1. The van der Waals surface area contributed by atoms with Gasteiger partial charge >= 0.3 is 0 Å². The van der Waals surface area contributed by atoms with Gasteiger partial charge in [-0.15, -0.1) is 23.1 Å². The fourth-order valence-electron chi connectivity index (χ4n) is 2.03. The van der Waals surface area contributed by atoms with E-state index in [4.69, 9.17) is 0 Å². The van der Waals surface area contributed by atoms with E-state index in [9.17, 15) is 4.79 Å². The Labute approximate surface area is 122 Å². The Morgan fingerprint density at radius 1 is 1.58 bits per heavy atom. The van der Waals surface area contributed by atoms with Crippen molar-refractivity contribution in [1.82, 2.24) is 15.6 Å². The number of rotatable bonds is 6. The van der Waals surface area contributed by atoms with Gasteiger partial charge in [0.1, 0.15) is 0 Å². The van der Waals surface area contributed by atoms with E-state index in [1.807, 2.05) is 12.3 Å². The number of amides is 1. The average Bonchev–Trinajstić information content (AvgIpc) is 2.83. The summed E-state index contributed by atoms with van der Waals surface area (Å²) in [6.45, 7) is 4.86. The molecule has 1 aromatic rings. The van der Waals surface area contributed by atoms with Crippen molar-refractivity contribution in [3.8, 4) is 0 Å². The van der Waals surface area contributed by atoms with Gasteiger partial charge < -0.3 is 10.6 Å². The van der Waals surface area contributed by atoms with Gasteiger partial charge in [0.2, 0.25) is 5.91 Å². The summed E-state index contributed by atoms with van der Waals surface area (Å²) >= 11 is 3.45. The third-order valence-electron chi connectivity index (χ3n) is 3.06. The van der Waals surface area contributed by atoms with E-state index in [1.54, 1.807) is 23.1 Å². The van der Waals surface area contributed by atoms with Crippen LogP contribution in [-0.2, 0) is 11.2 Å². The average molecular weight is 299 g/mol. The van der Waals surface area contributed by atoms with Crippen molar-refractivity contribution in [3.05, 3.63) is 16.1 Å². The van der Waals surface area contributed by atoms with Crippen LogP contribution in [0.5, 0.6) is 0 Å². The molecule has 1 fully saturated rings. The molecule has 6 heteroatoms. The lowest BCUT2D eigenvalue weighted by Crippen LogP contribution is -2.32. The van der Waals surface area contributed by atoms with Crippen LogP contribution in [0.15, 0.2) is 5.38 Å². The van der Waals surface area contributed by atoms with Gasteiger partial charge in [0.25, 0.3) is 0 Å². The second-order valence-corrected chi connectivity index (χ2v) is 6.97. The molecule has 0 aromatic carbocycles. The van der Waals surface area contributed by atoms with Crippen molar-refractivity contribution >= 4 is 29.0 Å². The van der Waals surface area contributed by atoms with Gasteiger partial charge in [0.05, 0.1) is 10.8 Å². The molecule has 106 valence electrons. The molecule has 19 heavy (non-hydrogen) atoms. The van der Waals surface area contributed by atoms with Crippen molar-refractivity contribution in [2.75, 3.05) is 25.4 Å². The standard InChI is InChI=1S/C13H21N3OS2/c1-10-8-19-13(16-10)4-7-15-12(17)9-18-11-2-5-14-6-3-11/h8,11,14H,2-7,9H2,1H3,(H,15,17). The normalized spacial score (nSPS) is 16.5. The van der Waals surface area contributed by atoms with Crippen molar-refractivity contribution in [2.45, 2.75) is 31.4 Å². The number of hydrogen-bond acceptors (Lipinski definition) is 5. The third kappa shape index (κ3) is 5.50. The van der Waals surface area contributed by atoms with Crippen molar-refractivity contribution in [1.29, 1.82) is 0 Å². The Bertz CT molecular complexity index is 402. The number of carbonyl (C=O) groups excluding carboxylic acids is 1. The second kappa shape index (κ2) is 7.87. The number of nitrogens with one attached hydrogen (secondary N) is 2. The fraction of sp³-hybridized carbons (Fsp3) is 0.692. The molecule has 1 amide bonds. The van der Waals surface area contributed by atoms with Crippen LogP contribution in [0.4, 0.5) is 0 Å². The first-order valence-electron chi connectivity index (χ1n) is 6.74. The zero-order chi connectivity index (χ0) is 13.5. The van der Waals surface area contributed by atoms with Crippen LogP contribution in [0.3, 0.4) is 0 Å². The predicted octanol–water partition coefficient (Wildman–Crippen LogP) is 1.60. The largest absolute Gasteiger partial charge is 0.355 e. The smallest absolute Gasteiger partial charge is 0.230 e. The molecular weight excluding hydrogens is 278 g/mol. The topological polar surface area (TPSA) is 54.0 Å². The monoisotopic (exact) mass is 299 g/mol. The molecule has 2 N–H and O–H groups in total. The van der Waals surface area contributed by atoms with Crippen LogP contribution in [0.1, 0.15) is 23.5 Å². The Balaban J connectivity index is 1.56. The first-order valence-corrected chi connectivity index (χ1v) is 8.67. The summed E-state index contributed by atoms with van der Waals surface area (Å²) in [7, 11) is 0. The minimum Gasteiger partial charge on any atom is -0.355 e. The summed E-state index contributed by atoms with van der Waals surface area (Å²) in [5, 5.41) is 10.1. The minimum absolute atomic E-state index is 0.150. The second-order valence-electron chi connectivity index (χ2n) is 4.74. The maximum absolute atomic E-state index is 11.7. The molecule has 0 bridgehead atoms. The summed E-state index contributed by atoms with van der Waals surface area (Å²) in [6, 6.07) is 0. The summed E-state index contributed by atoms with van der Waals surface area (Å²) in [5.41, 5.74) is 1.06. The Hall–Kier alpha value is -0.590. The molecule has 1 saturated heterocycles. The van der Waals surface area contributed by atoms with Crippen LogP contribution in [0.25, 0.3) is 0 Å². The number of carbonyl (C=O) groups is 1. The molecule has 2 heterocycles. The van der Waals surface area contributed by atoms with E-state index in [0.717, 1.165) is 30.2 Å². The van der Waals surface area contributed by atoms with Crippen molar-refractivity contribution < 1.29 is 4.79 Å². The van der Waals surface area contributed by atoms with E-state index in [-0.39, 0.29) is 5.91 Å². The van der Waals surface area contributed by atoms with Gasteiger partial charge in [-0.05, 0) is 32.9 Å². The molecule has 0 atom stereocenters. The number of aryl methyl sites for hydroxylation is 1. The van der Waals surface area contributed by atoms with Crippen molar-refractivity contribution in [3.63, 3.8) is 0 Å². The molecule has 0 spiro atoms. The first-order chi connectivity index (χ1) is 9.24. The molecule has 1 aromatic heterocycles. The molecule has 1 aliphatic heterocycles. The maximum atomic E-state index is 11.7. The number of hydrogen-bond donors (Lipinski definition) is 2. The lowest BCUT2D eigenvalue weighted by molar-refractivity contribution is -0.118. The highest BCUT2D eigenvalue weighted by Gasteiger charge is 2.14. The summed E-state index contributed by atoms with van der Waals surface area (Å²) in [4.78, 5) is 16.1. The Kier molecular flexibility index (Phi) is 6.13. The highest BCUT2D eigenvalue weighted by atomic mass is 32.2. The molecule has 1 aliphatic rings. The summed E-state index contributed by atoms with van der Waals surface area (Å²) in [5.74, 6) is 0.735. The van der Waals surface area contributed by atoms with Gasteiger partial charge in [-0.1, -0.05) is 0 Å². The SMILES string of the molecule is Cc1csc(CCNC(=O)CSC2CCNCC2)n1. The van der Waals surface area contributed by atoms with Crippen LogP contribution in [0, 0.1) is 6.92 Å². The number of aromatic nitrogens is 1. The van der Waals surface area contributed by atoms with Gasteiger partial charge in [0, 0.05) is 29.3 Å². The third-order valence-corrected chi connectivity index (χ3v) is 5.46. The predicted molar refractivity (Wildman–Crippen MR) is 81.9 cm³/mol. The van der Waals surface area contributed by atoms with Crippen LogP contribution in [-0.4, -0.2) is 41.5 Å². The van der Waals surface area contributed by atoms with Crippen LogP contribution in [0.2, 0.25) is 0 Å². The van der Waals surface area contributed by atoms with E-state index < -0.39 is 0 Å². The molecule has 0 radical (unpaired) electrons. The van der Waals surface area contributed by atoms with E-state index in [0.29, 0.717) is 17.5 Å². The zero-order valence-electron chi connectivity index (χ0n) is 11.3. The Morgan fingerprint density at radius 3 is 3.05 bits per heavy atom. The lowest BCUT2D eigenvalue weighted by Gasteiger charge is -2.21.